The number of halogens is 3. The average molecular weight is 511 g/mol. The number of amides is 1. The maximum Gasteiger partial charge on any atom is 0.271 e. The summed E-state index contributed by atoms with van der Waals surface area (Å²) in [6.45, 7) is 5.18. The average Bonchev–Trinajstić information content (AvgIpc) is 3.18. The minimum absolute atomic E-state index is 0.0413. The fourth-order valence-electron chi connectivity index (χ4n) is 5.01. The van der Waals surface area contributed by atoms with Crippen LogP contribution in [0.1, 0.15) is 19.8 Å². The third-order valence-electron chi connectivity index (χ3n) is 7.33. The molecule has 190 valence electrons. The first-order valence-corrected chi connectivity index (χ1v) is 12.2. The molecular formula is C24H29ClF2N4O4. The van der Waals surface area contributed by atoms with Crippen LogP contribution in [0.5, 0.6) is 0 Å². The Hall–Kier alpha value is -2.11. The number of aliphatic hydroxyl groups is 1. The van der Waals surface area contributed by atoms with Gasteiger partial charge in [-0.2, -0.15) is 0 Å². The number of alkyl halides is 2. The lowest BCUT2D eigenvalue weighted by molar-refractivity contribution is -0.158. The van der Waals surface area contributed by atoms with E-state index in [0.29, 0.717) is 24.1 Å². The van der Waals surface area contributed by atoms with Crippen molar-refractivity contribution >= 4 is 39.8 Å². The predicted molar refractivity (Wildman–Crippen MR) is 128 cm³/mol. The largest absolute Gasteiger partial charge is 0.389 e. The van der Waals surface area contributed by atoms with Crippen molar-refractivity contribution in [3.8, 4) is 0 Å². The van der Waals surface area contributed by atoms with Gasteiger partial charge in [0, 0.05) is 44.2 Å². The third-order valence-corrected chi connectivity index (χ3v) is 7.63. The van der Waals surface area contributed by atoms with Crippen molar-refractivity contribution in [3.63, 3.8) is 0 Å². The molecule has 2 N–H and O–H groups in total. The fraction of sp³-hybridized carbons (Fsp3) is 0.583. The van der Waals surface area contributed by atoms with E-state index in [9.17, 15) is 18.7 Å². The number of ether oxygens (including phenoxy) is 2. The van der Waals surface area contributed by atoms with E-state index < -0.39 is 30.6 Å². The Bertz CT molecular complexity index is 1100. The molecule has 1 amide bonds. The number of nitrogens with zero attached hydrogens (tertiary/aromatic N) is 3. The zero-order valence-corrected chi connectivity index (χ0v) is 20.2. The highest BCUT2D eigenvalue weighted by Crippen LogP contribution is 2.34. The van der Waals surface area contributed by atoms with Gasteiger partial charge in [-0.15, -0.1) is 0 Å². The highest BCUT2D eigenvalue weighted by atomic mass is 35.5. The molecule has 1 aromatic carbocycles. The quantitative estimate of drug-likeness (QED) is 0.654. The van der Waals surface area contributed by atoms with Crippen molar-refractivity contribution in [2.24, 2.45) is 0 Å². The first-order chi connectivity index (χ1) is 16.6. The molecule has 1 aromatic heterocycles. The molecule has 11 heteroatoms. The number of aromatic nitrogens is 1. The van der Waals surface area contributed by atoms with E-state index in [4.69, 9.17) is 21.1 Å². The minimum atomic E-state index is -2.89. The summed E-state index contributed by atoms with van der Waals surface area (Å²) >= 11 is 6.61. The van der Waals surface area contributed by atoms with Gasteiger partial charge < -0.3 is 24.8 Å². The van der Waals surface area contributed by atoms with Gasteiger partial charge >= 0.3 is 0 Å². The van der Waals surface area contributed by atoms with Gasteiger partial charge in [0.25, 0.3) is 11.8 Å². The number of rotatable bonds is 4. The van der Waals surface area contributed by atoms with Crippen LogP contribution in [0.25, 0.3) is 10.8 Å². The van der Waals surface area contributed by atoms with Crippen molar-refractivity contribution in [1.82, 2.24) is 9.88 Å². The number of benzene rings is 1. The van der Waals surface area contributed by atoms with Crippen molar-refractivity contribution < 1.29 is 28.2 Å². The Labute approximate surface area is 207 Å². The molecular weight excluding hydrogens is 482 g/mol. The summed E-state index contributed by atoms with van der Waals surface area (Å²) in [4.78, 5) is 21.2. The first kappa shape index (κ1) is 24.6. The van der Waals surface area contributed by atoms with Crippen molar-refractivity contribution in [1.29, 1.82) is 0 Å². The number of carbonyl (C=O) groups is 1. The van der Waals surface area contributed by atoms with E-state index in [-0.39, 0.29) is 18.4 Å². The molecule has 5 rings (SSSR count). The molecule has 0 aliphatic carbocycles. The van der Waals surface area contributed by atoms with Crippen LogP contribution in [-0.4, -0.2) is 90.6 Å². The van der Waals surface area contributed by atoms with Gasteiger partial charge in [-0.05, 0) is 36.9 Å². The second-order valence-electron chi connectivity index (χ2n) is 9.77. The van der Waals surface area contributed by atoms with E-state index in [1.54, 1.807) is 12.3 Å². The van der Waals surface area contributed by atoms with Gasteiger partial charge in [-0.3, -0.25) is 9.69 Å². The van der Waals surface area contributed by atoms with Crippen LogP contribution >= 0.6 is 11.6 Å². The van der Waals surface area contributed by atoms with Crippen LogP contribution in [0.2, 0.25) is 5.02 Å². The molecule has 0 spiro atoms. The second kappa shape index (κ2) is 9.40. The van der Waals surface area contributed by atoms with E-state index in [1.165, 1.54) is 0 Å². The lowest BCUT2D eigenvalue weighted by Gasteiger charge is -2.45. The number of hydrogen-bond acceptors (Lipinski definition) is 7. The molecule has 0 saturated carbocycles. The summed E-state index contributed by atoms with van der Waals surface area (Å²) in [6, 6.07) is 5.56. The zero-order valence-electron chi connectivity index (χ0n) is 19.5. The number of fused-ring (bicyclic) bond motifs is 1. The van der Waals surface area contributed by atoms with Gasteiger partial charge in [0.05, 0.1) is 35.6 Å². The second-order valence-corrected chi connectivity index (χ2v) is 10.2. The van der Waals surface area contributed by atoms with E-state index in [0.717, 1.165) is 42.6 Å². The number of aliphatic hydroxyl groups excluding tert-OH is 1. The Morgan fingerprint density at radius 1 is 1.20 bits per heavy atom. The van der Waals surface area contributed by atoms with Gasteiger partial charge in [0.1, 0.15) is 18.5 Å². The smallest absolute Gasteiger partial charge is 0.271 e. The topological polar surface area (TPSA) is 87.2 Å². The maximum absolute atomic E-state index is 13.3. The number of anilines is 2. The molecule has 0 bridgehead atoms. The lowest BCUT2D eigenvalue weighted by atomic mass is 9.95. The summed E-state index contributed by atoms with van der Waals surface area (Å²) in [5.41, 5.74) is 0.504. The van der Waals surface area contributed by atoms with Crippen LogP contribution in [0, 0.1) is 0 Å². The van der Waals surface area contributed by atoms with Crippen LogP contribution < -0.4 is 10.2 Å². The van der Waals surface area contributed by atoms with Gasteiger partial charge in [-0.25, -0.2) is 13.8 Å². The normalized spacial score (nSPS) is 29.5. The standard InChI is InChI=1S/C24H29ClF2N4O4/c1-23(13-34-12-20(23)32)31-6-4-30(5-7-31)18-9-15-10-21(28-11-16(15)8-17(18)25)29-22(33)19-2-3-24(26,27)14-35-19/h8-11,19-20,32H,2-7,12-14H2,1H3,(H,28,29,33). The number of nitrogens with one attached hydrogen (secondary N) is 1. The molecule has 2 aromatic rings. The number of pyridine rings is 1. The Morgan fingerprint density at radius 3 is 2.63 bits per heavy atom. The molecule has 3 aliphatic rings. The molecule has 0 radical (unpaired) electrons. The molecule has 35 heavy (non-hydrogen) atoms. The molecule has 3 aliphatic heterocycles. The highest BCUT2D eigenvalue weighted by Gasteiger charge is 2.44. The molecule has 3 saturated heterocycles. The van der Waals surface area contributed by atoms with Crippen LogP contribution in [-0.2, 0) is 14.3 Å². The van der Waals surface area contributed by atoms with Gasteiger partial charge in [0.2, 0.25) is 0 Å². The van der Waals surface area contributed by atoms with Crippen molar-refractivity contribution in [2.45, 2.75) is 43.4 Å². The van der Waals surface area contributed by atoms with Crippen LogP contribution in [0.3, 0.4) is 0 Å². The Balaban J connectivity index is 1.28. The lowest BCUT2D eigenvalue weighted by Crippen LogP contribution is -2.60. The van der Waals surface area contributed by atoms with Gasteiger partial charge in [-0.1, -0.05) is 11.6 Å². The van der Waals surface area contributed by atoms with Crippen LogP contribution in [0.15, 0.2) is 24.4 Å². The summed E-state index contributed by atoms with van der Waals surface area (Å²) in [7, 11) is 0. The summed E-state index contributed by atoms with van der Waals surface area (Å²) in [5, 5.41) is 15.3. The van der Waals surface area contributed by atoms with Gasteiger partial charge in [0.15, 0.2) is 0 Å². The number of piperazine rings is 1. The van der Waals surface area contributed by atoms with Crippen molar-refractivity contribution in [3.05, 3.63) is 29.4 Å². The highest BCUT2D eigenvalue weighted by molar-refractivity contribution is 6.34. The van der Waals surface area contributed by atoms with E-state index in [2.05, 4.69) is 20.1 Å². The zero-order chi connectivity index (χ0) is 24.8. The molecule has 3 atom stereocenters. The monoisotopic (exact) mass is 510 g/mol. The SMILES string of the molecule is CC1(N2CCN(c3cc4cc(NC(=O)C5CCC(F)(F)CO5)ncc4cc3Cl)CC2)COCC1O. The predicted octanol–water partition coefficient (Wildman–Crippen LogP) is 2.91. The molecule has 3 fully saturated rings. The van der Waals surface area contributed by atoms with E-state index >= 15 is 0 Å². The fourth-order valence-corrected chi connectivity index (χ4v) is 5.30. The van der Waals surface area contributed by atoms with Crippen molar-refractivity contribution in [2.75, 3.05) is 56.2 Å². The Kier molecular flexibility index (Phi) is 6.60. The number of hydrogen-bond donors (Lipinski definition) is 2. The maximum atomic E-state index is 13.3. The van der Waals surface area contributed by atoms with Crippen LogP contribution in [0.4, 0.5) is 20.3 Å². The summed E-state index contributed by atoms with van der Waals surface area (Å²) < 4.78 is 37.1. The Morgan fingerprint density at radius 2 is 1.97 bits per heavy atom. The first-order valence-electron chi connectivity index (χ1n) is 11.8. The van der Waals surface area contributed by atoms with E-state index in [1.807, 2.05) is 19.1 Å². The summed E-state index contributed by atoms with van der Waals surface area (Å²) in [5.74, 6) is -3.05. The minimum Gasteiger partial charge on any atom is -0.389 e. The summed E-state index contributed by atoms with van der Waals surface area (Å²) in [6.07, 6.45) is -0.224. The molecule has 4 heterocycles. The molecule has 8 nitrogen and oxygen atoms in total. The third kappa shape index (κ3) is 4.95. The number of carbonyl (C=O) groups excluding carboxylic acids is 1. The molecule has 3 unspecified atom stereocenters.